The van der Waals surface area contributed by atoms with Gasteiger partial charge in [-0.3, -0.25) is 23.5 Å². The van der Waals surface area contributed by atoms with Crippen molar-refractivity contribution in [2.24, 2.45) is 0 Å². The number of benzene rings is 2. The van der Waals surface area contributed by atoms with Crippen molar-refractivity contribution in [3.63, 3.8) is 0 Å². The number of aromatic nitrogens is 4. The third kappa shape index (κ3) is 8.54. The van der Waals surface area contributed by atoms with Crippen LogP contribution >= 0.6 is 31.9 Å². The Hall–Kier alpha value is -3.63. The van der Waals surface area contributed by atoms with Gasteiger partial charge in [-0.15, -0.1) is 0 Å². The van der Waals surface area contributed by atoms with E-state index in [2.05, 4.69) is 37.2 Å². The van der Waals surface area contributed by atoms with E-state index in [1.165, 1.54) is 12.8 Å². The van der Waals surface area contributed by atoms with Crippen molar-refractivity contribution in [1.29, 1.82) is 0 Å². The number of rotatable bonds is 0. The molecule has 0 aliphatic carbocycles. The molecule has 6 heterocycles. The van der Waals surface area contributed by atoms with Crippen molar-refractivity contribution in [3.8, 4) is 0 Å². The minimum absolute atomic E-state index is 0.0333. The van der Waals surface area contributed by atoms with Gasteiger partial charge in [0.15, 0.2) is 0 Å². The summed E-state index contributed by atoms with van der Waals surface area (Å²) >= 11 is 6.89. The first-order valence-corrected chi connectivity index (χ1v) is 19.2. The van der Waals surface area contributed by atoms with Crippen molar-refractivity contribution >= 4 is 66.0 Å². The number of aldehydes is 1. The van der Waals surface area contributed by atoms with Gasteiger partial charge in [0.2, 0.25) is 6.29 Å². The molecule has 2 unspecified atom stereocenters. The largest absolute Gasteiger partial charge is 0.446 e. The summed E-state index contributed by atoms with van der Waals surface area (Å²) in [6.45, 7) is 8.58. The number of halogens is 5. The quantitative estimate of drug-likeness (QED) is 0.190. The summed E-state index contributed by atoms with van der Waals surface area (Å²) in [7, 11) is 0. The molecule has 1 amide bonds. The molecular weight excluding hydrogens is 825 g/mol. The van der Waals surface area contributed by atoms with Gasteiger partial charge in [-0.2, -0.15) is 13.2 Å². The molecule has 0 bridgehead atoms. The van der Waals surface area contributed by atoms with E-state index in [0.29, 0.717) is 35.8 Å². The third-order valence-corrected chi connectivity index (χ3v) is 11.1. The number of piperidine rings is 2. The van der Waals surface area contributed by atoms with Gasteiger partial charge in [-0.25, -0.2) is 14.8 Å². The third-order valence-electron chi connectivity index (χ3n) is 10.1. The van der Waals surface area contributed by atoms with E-state index in [1.54, 1.807) is 10.6 Å². The lowest BCUT2D eigenvalue weighted by Gasteiger charge is -2.44. The summed E-state index contributed by atoms with van der Waals surface area (Å²) in [6.07, 6.45) is 1.90. The van der Waals surface area contributed by atoms with Crippen LogP contribution in [0.1, 0.15) is 70.9 Å². The number of alkyl halides is 3. The molecule has 4 aromatic rings. The average Bonchev–Trinajstić information content (AvgIpc) is 3.62. The topological polar surface area (TPSA) is 128 Å². The van der Waals surface area contributed by atoms with Gasteiger partial charge in [0.1, 0.15) is 17.2 Å². The van der Waals surface area contributed by atoms with E-state index in [4.69, 9.17) is 19.5 Å². The Labute approximate surface area is 320 Å². The van der Waals surface area contributed by atoms with Crippen molar-refractivity contribution in [1.82, 2.24) is 29.3 Å². The second kappa shape index (κ2) is 14.9. The number of carbonyl (C=O) groups excluding carboxylic acids is 2. The minimum atomic E-state index is -4.64. The number of nitrogens with one attached hydrogen (secondary N) is 1. The molecular formula is C37H41Br2F3N6O5. The van der Waals surface area contributed by atoms with Crippen LogP contribution in [0.15, 0.2) is 54.9 Å². The summed E-state index contributed by atoms with van der Waals surface area (Å²) < 4.78 is 42.4. The summed E-state index contributed by atoms with van der Waals surface area (Å²) in [5.74, 6) is 1.68. The van der Waals surface area contributed by atoms with Crippen LogP contribution in [0.25, 0.3) is 21.8 Å². The normalized spacial score (nSPS) is 22.2. The molecule has 2 atom stereocenters. The molecule has 0 saturated carbocycles. The Bertz CT molecular complexity index is 2180. The molecule has 4 aliphatic rings. The zero-order chi connectivity index (χ0) is 38.3. The van der Waals surface area contributed by atoms with Gasteiger partial charge in [0.05, 0.1) is 33.9 Å². The maximum Gasteiger partial charge on any atom is 0.446 e. The summed E-state index contributed by atoms with van der Waals surface area (Å²) in [5.41, 5.74) is 0.647. The monoisotopic (exact) mass is 864 g/mol. The molecule has 284 valence electrons. The number of carbonyl (C=O) groups is 2. The molecule has 2 saturated heterocycles. The SMILES string of the molecule is CC(C)(C)OC(=O)N1CCCCC12Cc1nc3cc(Br)ccc3c(=O)n1C2.O=CC(F)(F)F.O=c1c2ccc(Br)cc2nc2n1CC1(CCCCN1)C2. The molecule has 8 rings (SSSR count). The fraction of sp³-hybridized carbons (Fsp3) is 0.514. The van der Waals surface area contributed by atoms with Crippen LogP contribution in [0.4, 0.5) is 18.0 Å². The van der Waals surface area contributed by atoms with Gasteiger partial charge in [0.25, 0.3) is 11.1 Å². The maximum atomic E-state index is 13.0. The number of ether oxygens (including phenoxy) is 1. The maximum absolute atomic E-state index is 13.0. The van der Waals surface area contributed by atoms with E-state index >= 15 is 0 Å². The highest BCUT2D eigenvalue weighted by Gasteiger charge is 2.48. The molecule has 2 aromatic carbocycles. The first-order valence-electron chi connectivity index (χ1n) is 17.6. The zero-order valence-corrected chi connectivity index (χ0v) is 32.9. The standard InChI is InChI=1S/C20H24BrN3O3.C15H16BrN3O.C2HF3O/c1-19(2,3)27-18(26)24-9-5-4-8-20(24)11-16-22-15-10-13(21)6-7-14(15)17(25)23(16)12-20;16-10-3-4-11-12(7-10)18-13-8-15(5-1-2-6-17-15)9-19(13)14(11)20;3-2(4,5)1-6/h6-7,10H,4-5,8-9,11-12H2,1-3H3;3-4,7,17H,1-2,5-6,8-9H2;1H. The summed E-state index contributed by atoms with van der Waals surface area (Å²) in [6, 6.07) is 11.2. The Balaban J connectivity index is 0.000000162. The van der Waals surface area contributed by atoms with Gasteiger partial charge in [0, 0.05) is 40.4 Å². The predicted molar refractivity (Wildman–Crippen MR) is 201 cm³/mol. The van der Waals surface area contributed by atoms with Gasteiger partial charge < -0.3 is 15.0 Å². The van der Waals surface area contributed by atoms with Crippen LogP contribution in [0, 0.1) is 0 Å². The number of nitrogens with zero attached hydrogens (tertiary/aromatic N) is 5. The van der Waals surface area contributed by atoms with E-state index in [0.717, 1.165) is 71.3 Å². The molecule has 4 aliphatic heterocycles. The van der Waals surface area contributed by atoms with Gasteiger partial charge >= 0.3 is 12.3 Å². The van der Waals surface area contributed by atoms with E-state index in [9.17, 15) is 27.6 Å². The Morgan fingerprint density at radius 1 is 0.849 bits per heavy atom. The average molecular weight is 867 g/mol. The lowest BCUT2D eigenvalue weighted by molar-refractivity contribution is -0.156. The summed E-state index contributed by atoms with van der Waals surface area (Å²) in [5, 5.41) is 4.95. The van der Waals surface area contributed by atoms with Crippen LogP contribution in [0.2, 0.25) is 0 Å². The minimum Gasteiger partial charge on any atom is -0.444 e. The van der Waals surface area contributed by atoms with Gasteiger partial charge in [-0.05, 0) is 95.8 Å². The number of amides is 1. The number of likely N-dealkylation sites (tertiary alicyclic amines) is 1. The van der Waals surface area contributed by atoms with Crippen LogP contribution in [0.5, 0.6) is 0 Å². The van der Waals surface area contributed by atoms with Crippen LogP contribution in [-0.4, -0.2) is 72.3 Å². The Morgan fingerprint density at radius 2 is 1.40 bits per heavy atom. The van der Waals surface area contributed by atoms with Crippen LogP contribution in [0.3, 0.4) is 0 Å². The molecule has 2 fully saturated rings. The van der Waals surface area contributed by atoms with Crippen molar-refractivity contribution in [2.75, 3.05) is 13.1 Å². The first-order chi connectivity index (χ1) is 24.9. The number of fused-ring (bicyclic) bond motifs is 4. The van der Waals surface area contributed by atoms with Crippen LogP contribution < -0.4 is 16.4 Å². The molecule has 2 spiro atoms. The highest BCUT2D eigenvalue weighted by atomic mass is 79.9. The van der Waals surface area contributed by atoms with Crippen molar-refractivity contribution in [2.45, 2.75) is 108 Å². The molecule has 2 aromatic heterocycles. The highest BCUT2D eigenvalue weighted by Crippen LogP contribution is 2.38. The Morgan fingerprint density at radius 3 is 1.92 bits per heavy atom. The Kier molecular flexibility index (Phi) is 11.0. The zero-order valence-electron chi connectivity index (χ0n) is 29.7. The fourth-order valence-electron chi connectivity index (χ4n) is 7.74. The number of hydrogen-bond acceptors (Lipinski definition) is 8. The lowest BCUT2D eigenvalue weighted by atomic mass is 9.85. The predicted octanol–water partition coefficient (Wildman–Crippen LogP) is 6.85. The first kappa shape index (κ1) is 39.1. The summed E-state index contributed by atoms with van der Waals surface area (Å²) in [4.78, 5) is 58.6. The van der Waals surface area contributed by atoms with E-state index in [1.807, 2.05) is 60.6 Å². The van der Waals surface area contributed by atoms with E-state index < -0.39 is 23.6 Å². The smallest absolute Gasteiger partial charge is 0.444 e. The highest BCUT2D eigenvalue weighted by molar-refractivity contribution is 9.10. The lowest BCUT2D eigenvalue weighted by Crippen LogP contribution is -2.57. The van der Waals surface area contributed by atoms with Gasteiger partial charge in [-0.1, -0.05) is 38.3 Å². The second-order valence-corrected chi connectivity index (χ2v) is 17.0. The second-order valence-electron chi connectivity index (χ2n) is 15.2. The molecule has 1 N–H and O–H groups in total. The molecule has 53 heavy (non-hydrogen) atoms. The van der Waals surface area contributed by atoms with Crippen molar-refractivity contribution < 1.29 is 27.5 Å². The number of hydrogen-bond donors (Lipinski definition) is 1. The van der Waals surface area contributed by atoms with Crippen molar-refractivity contribution in [3.05, 3.63) is 77.7 Å². The molecule has 16 heteroatoms. The fourth-order valence-corrected chi connectivity index (χ4v) is 8.44. The molecule has 0 radical (unpaired) electrons. The van der Waals surface area contributed by atoms with Crippen LogP contribution in [-0.2, 0) is 35.5 Å². The molecule has 11 nitrogen and oxygen atoms in total. The van der Waals surface area contributed by atoms with E-state index in [-0.39, 0.29) is 22.8 Å².